The van der Waals surface area contributed by atoms with Crippen LogP contribution in [0.3, 0.4) is 0 Å². The number of aryl methyl sites for hydroxylation is 1. The smallest absolute Gasteiger partial charge is 0.349 e. The van der Waals surface area contributed by atoms with E-state index in [4.69, 9.17) is 19.9 Å². The molecule has 11 nitrogen and oxygen atoms in total. The predicted octanol–water partition coefficient (Wildman–Crippen LogP) is 6.28. The van der Waals surface area contributed by atoms with Crippen LogP contribution >= 0.6 is 51.0 Å². The Balaban J connectivity index is 0.000000829. The first kappa shape index (κ1) is 50.1. The minimum absolute atomic E-state index is 0. The van der Waals surface area contributed by atoms with Crippen molar-refractivity contribution in [2.45, 2.75) is 61.8 Å². The van der Waals surface area contributed by atoms with Gasteiger partial charge in [-0.15, -0.1) is 35.1 Å². The summed E-state index contributed by atoms with van der Waals surface area (Å²) in [6, 6.07) is 3.75. The second-order valence-electron chi connectivity index (χ2n) is 13.4. The van der Waals surface area contributed by atoms with Gasteiger partial charge in [0.25, 0.3) is 0 Å². The summed E-state index contributed by atoms with van der Waals surface area (Å²) in [5.41, 5.74) is 5.85. The van der Waals surface area contributed by atoms with Crippen LogP contribution in [-0.2, 0) is 35.0 Å². The van der Waals surface area contributed by atoms with Gasteiger partial charge in [-0.3, -0.25) is 9.59 Å². The number of amides is 2. The summed E-state index contributed by atoms with van der Waals surface area (Å²) in [5.74, 6) is 11.9. The Morgan fingerprint density at radius 1 is 0.774 bits per heavy atom. The van der Waals surface area contributed by atoms with E-state index in [1.54, 1.807) is 4.90 Å². The van der Waals surface area contributed by atoms with E-state index >= 15 is 0 Å². The summed E-state index contributed by atoms with van der Waals surface area (Å²) in [7, 11) is 2.74. The minimum Gasteiger partial charge on any atom is -0.465 e. The number of nitrogens with two attached hydrogens (primary N) is 1. The van der Waals surface area contributed by atoms with Crippen molar-refractivity contribution in [2.75, 3.05) is 73.4 Å². The van der Waals surface area contributed by atoms with Crippen LogP contribution in [0.15, 0.2) is 16.6 Å². The fourth-order valence-electron chi connectivity index (χ4n) is 4.26. The number of halogens is 2. The van der Waals surface area contributed by atoms with Crippen LogP contribution in [0.1, 0.15) is 90.1 Å². The van der Waals surface area contributed by atoms with E-state index in [1.807, 2.05) is 58.6 Å². The lowest BCUT2D eigenvalue weighted by atomic mass is 9.98. The van der Waals surface area contributed by atoms with Gasteiger partial charge in [0.15, 0.2) is 0 Å². The first-order chi connectivity index (χ1) is 24.0. The number of carbonyl (C=O) groups excluding carboxylic acids is 4. The Kier molecular flexibility index (Phi) is 23.1. The van der Waals surface area contributed by atoms with E-state index < -0.39 is 0 Å². The zero-order chi connectivity index (χ0) is 38.2. The number of ether oxygens (including phenoxy) is 4. The van der Waals surface area contributed by atoms with Gasteiger partial charge in [-0.1, -0.05) is 31.1 Å². The molecule has 0 aromatic carbocycles. The number of thiophene rings is 2. The first-order valence-corrected chi connectivity index (χ1v) is 19.0. The number of morpholine rings is 2. The highest BCUT2D eigenvalue weighted by molar-refractivity contribution is 9.10. The lowest BCUT2D eigenvalue weighted by Crippen LogP contribution is -2.43. The van der Waals surface area contributed by atoms with Gasteiger partial charge < -0.3 is 34.5 Å². The van der Waals surface area contributed by atoms with Crippen molar-refractivity contribution in [1.29, 1.82) is 0 Å². The van der Waals surface area contributed by atoms with Crippen LogP contribution < -0.4 is 5.73 Å². The number of methoxy groups -OCH3 is 2. The second kappa shape index (κ2) is 24.5. The number of rotatable bonds is 6. The topological polar surface area (TPSA) is 138 Å². The highest BCUT2D eigenvalue weighted by Gasteiger charge is 2.21. The van der Waals surface area contributed by atoms with Gasteiger partial charge in [-0.2, -0.15) is 0 Å². The molecule has 296 valence electrons. The third-order valence-corrected chi connectivity index (χ3v) is 9.86. The maximum Gasteiger partial charge on any atom is 0.349 e. The number of hydrogen-bond donors (Lipinski definition) is 1. The number of carbonyl (C=O) groups is 4. The van der Waals surface area contributed by atoms with Gasteiger partial charge in [-0.25, -0.2) is 9.59 Å². The van der Waals surface area contributed by atoms with Crippen molar-refractivity contribution >= 4 is 74.8 Å². The predicted molar refractivity (Wildman–Crippen MR) is 218 cm³/mol. The second-order valence-corrected chi connectivity index (χ2v) is 16.4. The standard InChI is InChI=1S/C19H25NO4S.C12H13BrO2S.C6H12N2O2.CH4.ClH/c1-19(2,3)8-7-15-13-14(17(25-15)18(22)23-4)5-6-16(21)20-9-11-24-12-10-20;1-12(2,3)6-5-8-7-9(13)10(16-8)11(14)15-4;7-5-6(9)8-1-3-10-4-2-8;;/h13H,5-6,9-12H2,1-4H3;7H,1-4H3;1-5,7H2;1H4;1H. The zero-order valence-electron chi connectivity index (χ0n) is 31.3. The van der Waals surface area contributed by atoms with E-state index in [9.17, 15) is 19.2 Å². The maximum absolute atomic E-state index is 12.3. The molecule has 4 heterocycles. The third kappa shape index (κ3) is 18.8. The van der Waals surface area contributed by atoms with Crippen molar-refractivity contribution < 1.29 is 38.1 Å². The number of nitrogens with zero attached hydrogens (tertiary/aromatic N) is 2. The Morgan fingerprint density at radius 3 is 1.62 bits per heavy atom. The minimum atomic E-state index is -0.373. The molecular weight excluding hydrogens is 806 g/mol. The van der Waals surface area contributed by atoms with Crippen molar-refractivity contribution in [1.82, 2.24) is 9.80 Å². The molecule has 2 aromatic rings. The van der Waals surface area contributed by atoms with Crippen LogP contribution in [-0.4, -0.2) is 107 Å². The van der Waals surface area contributed by atoms with Crippen LogP contribution in [0.4, 0.5) is 0 Å². The summed E-state index contributed by atoms with van der Waals surface area (Å²) in [6.07, 6.45) is 0.876. The lowest BCUT2D eigenvalue weighted by Gasteiger charge is -2.26. The molecule has 2 aliphatic heterocycles. The van der Waals surface area contributed by atoms with Gasteiger partial charge in [-0.05, 0) is 81.6 Å². The van der Waals surface area contributed by atoms with Crippen LogP contribution in [0.5, 0.6) is 0 Å². The third-order valence-electron chi connectivity index (χ3n) is 6.87. The molecular formula is C38H55BrClN3O8S2. The van der Waals surface area contributed by atoms with Crippen molar-refractivity contribution in [3.8, 4) is 23.7 Å². The molecule has 0 atom stereocenters. The summed E-state index contributed by atoms with van der Waals surface area (Å²) >= 11 is 5.99. The molecule has 53 heavy (non-hydrogen) atoms. The van der Waals surface area contributed by atoms with Gasteiger partial charge in [0, 0.05) is 47.9 Å². The lowest BCUT2D eigenvalue weighted by molar-refractivity contribution is -0.135. The van der Waals surface area contributed by atoms with Gasteiger partial charge >= 0.3 is 11.9 Å². The van der Waals surface area contributed by atoms with Crippen molar-refractivity contribution in [3.05, 3.63) is 41.7 Å². The monoisotopic (exact) mass is 859 g/mol. The van der Waals surface area contributed by atoms with Crippen LogP contribution in [0.25, 0.3) is 0 Å². The fraction of sp³-hybridized carbons (Fsp3) is 0.579. The first-order valence-electron chi connectivity index (χ1n) is 16.5. The number of hydrogen-bond acceptors (Lipinski definition) is 11. The average molecular weight is 861 g/mol. The molecule has 2 fully saturated rings. The summed E-state index contributed by atoms with van der Waals surface area (Å²) < 4.78 is 20.6. The molecule has 2 N–H and O–H groups in total. The van der Waals surface area contributed by atoms with Crippen LogP contribution in [0, 0.1) is 34.5 Å². The van der Waals surface area contributed by atoms with E-state index in [0.717, 1.165) is 19.8 Å². The molecule has 4 rings (SSSR count). The molecule has 2 aromatic heterocycles. The Labute approximate surface area is 338 Å². The van der Waals surface area contributed by atoms with E-state index in [2.05, 4.69) is 44.3 Å². The highest BCUT2D eigenvalue weighted by Crippen LogP contribution is 2.28. The highest BCUT2D eigenvalue weighted by atomic mass is 79.9. The van der Waals surface area contributed by atoms with Gasteiger partial charge in [0.05, 0.1) is 56.9 Å². The van der Waals surface area contributed by atoms with E-state index in [1.165, 1.54) is 36.9 Å². The maximum atomic E-state index is 12.3. The summed E-state index contributed by atoms with van der Waals surface area (Å²) in [5, 5.41) is 0. The van der Waals surface area contributed by atoms with Gasteiger partial charge in [0.2, 0.25) is 11.8 Å². The largest absolute Gasteiger partial charge is 0.465 e. The quantitative estimate of drug-likeness (QED) is 0.263. The zero-order valence-corrected chi connectivity index (χ0v) is 35.3. The van der Waals surface area contributed by atoms with Gasteiger partial charge in [0.1, 0.15) is 9.75 Å². The average Bonchev–Trinajstić information content (AvgIpc) is 3.71. The van der Waals surface area contributed by atoms with Crippen LogP contribution in [0.2, 0.25) is 0 Å². The Morgan fingerprint density at radius 2 is 1.19 bits per heavy atom. The van der Waals surface area contributed by atoms with E-state index in [-0.39, 0.29) is 61.0 Å². The molecule has 0 spiro atoms. The Bertz CT molecular complexity index is 1610. The SMILES string of the molecule is C.COC(=O)c1sc(C#CC(C)(C)C)cc1Br.COC(=O)c1sc(C#CC(C)(C)C)cc1CCC(=O)N1CCOCC1.Cl.NCC(=O)N1CCOCC1. The molecule has 0 bridgehead atoms. The fourth-order valence-corrected chi connectivity index (χ4v) is 6.85. The molecule has 2 saturated heterocycles. The molecule has 0 aliphatic carbocycles. The van der Waals surface area contributed by atoms with Crippen molar-refractivity contribution in [2.24, 2.45) is 16.6 Å². The molecule has 0 radical (unpaired) electrons. The molecule has 0 unspecified atom stereocenters. The van der Waals surface area contributed by atoms with E-state index in [0.29, 0.717) is 75.2 Å². The Hall–Kier alpha value is -2.95. The number of esters is 2. The normalized spacial score (nSPS) is 13.7. The van der Waals surface area contributed by atoms with Crippen molar-refractivity contribution in [3.63, 3.8) is 0 Å². The molecule has 2 aliphatic rings. The molecule has 0 saturated carbocycles. The molecule has 15 heteroatoms. The summed E-state index contributed by atoms with van der Waals surface area (Å²) in [6.45, 7) is 17.5. The molecule has 2 amide bonds. The summed E-state index contributed by atoms with van der Waals surface area (Å²) in [4.78, 5) is 52.9.